The molecule has 0 unspecified atom stereocenters. The maximum absolute atomic E-state index is 12.5. The van der Waals surface area contributed by atoms with Crippen molar-refractivity contribution in [1.29, 1.82) is 0 Å². The van der Waals surface area contributed by atoms with Crippen LogP contribution in [0.1, 0.15) is 9.67 Å². The summed E-state index contributed by atoms with van der Waals surface area (Å²) in [5.74, 6) is 2.13. The number of carbonyl (C=O) groups is 1. The number of amides is 1. The van der Waals surface area contributed by atoms with Crippen LogP contribution in [0.15, 0.2) is 29.3 Å². The first-order valence-electron chi connectivity index (χ1n) is 7.92. The number of benzene rings is 1. The number of carbonyl (C=O) groups excluding carboxylic acids is 1. The third kappa shape index (κ3) is 3.51. The van der Waals surface area contributed by atoms with Gasteiger partial charge in [-0.1, -0.05) is 22.9 Å². The molecule has 1 aliphatic heterocycles. The van der Waals surface area contributed by atoms with E-state index in [1.165, 1.54) is 22.7 Å². The van der Waals surface area contributed by atoms with Crippen molar-refractivity contribution in [3.05, 3.63) is 38.3 Å². The number of fused-ring (bicyclic) bond motifs is 2. The first-order valence-corrected chi connectivity index (χ1v) is 11.3. The van der Waals surface area contributed by atoms with Crippen LogP contribution in [-0.4, -0.2) is 35.7 Å². The number of aromatic nitrogens is 1. The first-order chi connectivity index (χ1) is 12.7. The van der Waals surface area contributed by atoms with Crippen LogP contribution in [0, 0.1) is 0 Å². The summed E-state index contributed by atoms with van der Waals surface area (Å²) in [7, 11) is 0. The molecule has 4 rings (SSSR count). The summed E-state index contributed by atoms with van der Waals surface area (Å²) in [5.41, 5.74) is 1.00. The minimum absolute atomic E-state index is 0.274. The first kappa shape index (κ1) is 17.9. The molecule has 0 saturated carbocycles. The molecule has 2 aromatic heterocycles. The van der Waals surface area contributed by atoms with Crippen LogP contribution in [0.5, 0.6) is 11.5 Å². The van der Waals surface area contributed by atoms with Gasteiger partial charge in [0.15, 0.2) is 16.3 Å². The molecule has 136 valence electrons. The Balaban J connectivity index is 1.84. The summed E-state index contributed by atoms with van der Waals surface area (Å²) in [4.78, 5) is 18.1. The van der Waals surface area contributed by atoms with Gasteiger partial charge in [-0.05, 0) is 18.4 Å². The third-order valence-electron chi connectivity index (χ3n) is 3.85. The van der Waals surface area contributed by atoms with E-state index in [2.05, 4.69) is 15.8 Å². The molecule has 26 heavy (non-hydrogen) atoms. The van der Waals surface area contributed by atoms with Gasteiger partial charge in [-0.2, -0.15) is 16.8 Å². The third-order valence-corrected chi connectivity index (χ3v) is 6.70. The molecular formula is C17H15ClN2O3S3. The Morgan fingerprint density at radius 2 is 2.04 bits per heavy atom. The summed E-state index contributed by atoms with van der Waals surface area (Å²) in [6.07, 6.45) is 2.06. The van der Waals surface area contributed by atoms with Crippen molar-refractivity contribution in [2.75, 3.05) is 25.2 Å². The van der Waals surface area contributed by atoms with Crippen LogP contribution in [0.25, 0.3) is 10.2 Å². The molecule has 5 nitrogen and oxygen atoms in total. The fraction of sp³-hybridized carbons (Fsp3) is 0.294. The van der Waals surface area contributed by atoms with Crippen LogP contribution in [-0.2, 0) is 6.54 Å². The van der Waals surface area contributed by atoms with Crippen LogP contribution in [0.2, 0.25) is 4.34 Å². The Hall–Kier alpha value is -1.48. The number of thioether (sulfide) groups is 1. The normalized spacial score (nSPS) is 14.2. The van der Waals surface area contributed by atoms with Crippen molar-refractivity contribution in [3.63, 3.8) is 0 Å². The number of thiazole rings is 1. The maximum Gasteiger partial charge on any atom is 0.289 e. The van der Waals surface area contributed by atoms with Crippen molar-refractivity contribution in [2.45, 2.75) is 6.54 Å². The zero-order chi connectivity index (χ0) is 18.1. The summed E-state index contributed by atoms with van der Waals surface area (Å²) < 4.78 is 15.0. The van der Waals surface area contributed by atoms with Gasteiger partial charge in [-0.15, -0.1) is 11.3 Å². The van der Waals surface area contributed by atoms with Crippen molar-refractivity contribution < 1.29 is 14.3 Å². The second-order valence-corrected chi connectivity index (χ2v) is 9.22. The van der Waals surface area contributed by atoms with Crippen LogP contribution >= 0.6 is 46.0 Å². The molecule has 9 heteroatoms. The van der Waals surface area contributed by atoms with Crippen LogP contribution < -0.4 is 14.3 Å². The fourth-order valence-electron chi connectivity index (χ4n) is 2.66. The van der Waals surface area contributed by atoms with E-state index < -0.39 is 0 Å². The van der Waals surface area contributed by atoms with Gasteiger partial charge in [0, 0.05) is 24.4 Å². The predicted molar refractivity (Wildman–Crippen MR) is 108 cm³/mol. The summed E-state index contributed by atoms with van der Waals surface area (Å²) in [5, 5.41) is 0. The Morgan fingerprint density at radius 1 is 1.27 bits per heavy atom. The van der Waals surface area contributed by atoms with E-state index in [9.17, 15) is 4.79 Å². The lowest BCUT2D eigenvalue weighted by atomic mass is 10.2. The van der Waals surface area contributed by atoms with Gasteiger partial charge >= 0.3 is 0 Å². The minimum Gasteiger partial charge on any atom is -0.486 e. The SMILES string of the molecule is CSCCn1c(=NC(=O)c2ccc(Cl)s2)sc2cc3c(cc21)OCCO3. The quantitative estimate of drug-likeness (QED) is 0.624. The number of halogens is 1. The van der Waals surface area contributed by atoms with Gasteiger partial charge in [0.1, 0.15) is 13.2 Å². The van der Waals surface area contributed by atoms with Gasteiger partial charge in [0.2, 0.25) is 0 Å². The van der Waals surface area contributed by atoms with Crippen molar-refractivity contribution in [2.24, 2.45) is 4.99 Å². The topological polar surface area (TPSA) is 52.8 Å². The number of hydrogen-bond acceptors (Lipinski definition) is 6. The number of rotatable bonds is 4. The van der Waals surface area contributed by atoms with Crippen molar-refractivity contribution >= 4 is 62.2 Å². The highest BCUT2D eigenvalue weighted by molar-refractivity contribution is 7.98. The van der Waals surface area contributed by atoms with E-state index >= 15 is 0 Å². The monoisotopic (exact) mass is 426 g/mol. The Kier molecular flexibility index (Phi) is 5.26. The lowest BCUT2D eigenvalue weighted by Gasteiger charge is -2.18. The lowest BCUT2D eigenvalue weighted by molar-refractivity contribution is 0.100. The summed E-state index contributed by atoms with van der Waals surface area (Å²) in [6.45, 7) is 1.85. The molecular weight excluding hydrogens is 412 g/mol. The largest absolute Gasteiger partial charge is 0.486 e. The molecule has 0 N–H and O–H groups in total. The fourth-order valence-corrected chi connectivity index (χ4v) is 5.02. The molecule has 0 saturated heterocycles. The van der Waals surface area contributed by atoms with Gasteiger partial charge in [0.05, 0.1) is 19.4 Å². The van der Waals surface area contributed by atoms with Crippen LogP contribution in [0.3, 0.4) is 0 Å². The number of ether oxygens (including phenoxy) is 2. The van der Waals surface area contributed by atoms with Crippen molar-refractivity contribution in [1.82, 2.24) is 4.57 Å². The lowest BCUT2D eigenvalue weighted by Crippen LogP contribution is -2.18. The minimum atomic E-state index is -0.274. The number of aryl methyl sites for hydroxylation is 1. The Labute approximate surface area is 167 Å². The van der Waals surface area contributed by atoms with Crippen LogP contribution in [0.4, 0.5) is 0 Å². The highest BCUT2D eigenvalue weighted by Gasteiger charge is 2.17. The van der Waals surface area contributed by atoms with E-state index in [4.69, 9.17) is 21.1 Å². The highest BCUT2D eigenvalue weighted by atomic mass is 35.5. The smallest absolute Gasteiger partial charge is 0.289 e. The second kappa shape index (κ2) is 7.64. The molecule has 3 aromatic rings. The standard InChI is InChI=1S/C17H15ClN2O3S3/c1-24-7-4-20-10-8-11-12(23-6-5-22-11)9-14(10)26-17(20)19-16(21)13-2-3-15(18)25-13/h2-3,8-9H,4-7H2,1H3. The van der Waals surface area contributed by atoms with E-state index in [1.807, 2.05) is 12.1 Å². The molecule has 0 aliphatic carbocycles. The molecule has 1 amide bonds. The zero-order valence-electron chi connectivity index (χ0n) is 13.9. The number of hydrogen-bond donors (Lipinski definition) is 0. The highest BCUT2D eigenvalue weighted by Crippen LogP contribution is 2.35. The molecule has 0 radical (unpaired) electrons. The van der Waals surface area contributed by atoms with Gasteiger partial charge in [-0.25, -0.2) is 0 Å². The summed E-state index contributed by atoms with van der Waals surface area (Å²) >= 11 is 10.4. The number of nitrogens with zero attached hydrogens (tertiary/aromatic N) is 2. The average Bonchev–Trinajstić information content (AvgIpc) is 3.21. The predicted octanol–water partition coefficient (Wildman–Crippen LogP) is 4.29. The zero-order valence-corrected chi connectivity index (χ0v) is 17.1. The van der Waals surface area contributed by atoms with E-state index in [0.717, 1.165) is 34.0 Å². The van der Waals surface area contributed by atoms with E-state index in [-0.39, 0.29) is 5.91 Å². The molecule has 1 aromatic carbocycles. The maximum atomic E-state index is 12.5. The van der Waals surface area contributed by atoms with Gasteiger partial charge in [-0.3, -0.25) is 4.79 Å². The number of thiophene rings is 1. The average molecular weight is 427 g/mol. The molecule has 0 atom stereocenters. The molecule has 0 fully saturated rings. The molecule has 1 aliphatic rings. The van der Waals surface area contributed by atoms with Gasteiger partial charge in [0.25, 0.3) is 5.91 Å². The van der Waals surface area contributed by atoms with Gasteiger partial charge < -0.3 is 14.0 Å². The van der Waals surface area contributed by atoms with E-state index in [1.54, 1.807) is 23.9 Å². The Morgan fingerprint density at radius 3 is 2.73 bits per heavy atom. The van der Waals surface area contributed by atoms with Crippen molar-refractivity contribution in [3.8, 4) is 11.5 Å². The Bertz CT molecular complexity index is 1040. The molecule has 0 spiro atoms. The molecule has 3 heterocycles. The van der Waals surface area contributed by atoms with E-state index in [0.29, 0.717) is 27.2 Å². The summed E-state index contributed by atoms with van der Waals surface area (Å²) in [6, 6.07) is 7.37. The molecule has 0 bridgehead atoms. The second-order valence-electron chi connectivity index (χ2n) is 5.51.